The van der Waals surface area contributed by atoms with Gasteiger partial charge in [0, 0.05) is 12.6 Å². The molecule has 11 nitrogen and oxygen atoms in total. The van der Waals surface area contributed by atoms with Crippen LogP contribution in [0.25, 0.3) is 0 Å². The van der Waals surface area contributed by atoms with Crippen LogP contribution in [0.4, 0.5) is 15.3 Å². The number of carbonyl (C=O) groups is 3. The number of nitro benzene ring substituents is 1. The van der Waals surface area contributed by atoms with Gasteiger partial charge in [-0.1, -0.05) is 42.5 Å². The SMILES string of the molecule is CC(C)(C)OC(=O)N[C@H](CCCNC(=O)OCc1ccccc1)C(=O)Oc1ccccc1[N+](=O)[O-]. The molecule has 0 bridgehead atoms. The molecule has 0 aromatic heterocycles. The number of esters is 1. The molecule has 188 valence electrons. The van der Waals surface area contributed by atoms with E-state index >= 15 is 0 Å². The number of nitro groups is 1. The Morgan fingerprint density at radius 3 is 2.31 bits per heavy atom. The summed E-state index contributed by atoms with van der Waals surface area (Å²) in [5.74, 6) is -1.15. The number of nitrogens with one attached hydrogen (secondary N) is 2. The van der Waals surface area contributed by atoms with Crippen LogP contribution in [0, 0.1) is 10.1 Å². The summed E-state index contributed by atoms with van der Waals surface area (Å²) in [6, 6.07) is 13.4. The first-order valence-corrected chi connectivity index (χ1v) is 10.9. The quantitative estimate of drug-likeness (QED) is 0.167. The van der Waals surface area contributed by atoms with E-state index in [1.54, 1.807) is 20.8 Å². The van der Waals surface area contributed by atoms with Gasteiger partial charge in [-0.25, -0.2) is 14.4 Å². The monoisotopic (exact) mass is 487 g/mol. The van der Waals surface area contributed by atoms with E-state index in [-0.39, 0.29) is 37.4 Å². The largest absolute Gasteiger partial charge is 0.445 e. The Hall–Kier alpha value is -4.15. The van der Waals surface area contributed by atoms with Gasteiger partial charge in [0.05, 0.1) is 4.92 Å². The van der Waals surface area contributed by atoms with Crippen LogP contribution in [0.15, 0.2) is 54.6 Å². The van der Waals surface area contributed by atoms with Crippen LogP contribution in [0.1, 0.15) is 39.2 Å². The lowest BCUT2D eigenvalue weighted by Gasteiger charge is -2.23. The third kappa shape index (κ3) is 10.1. The molecule has 35 heavy (non-hydrogen) atoms. The topological polar surface area (TPSA) is 146 Å². The third-order valence-electron chi connectivity index (χ3n) is 4.40. The fraction of sp³-hybridized carbons (Fsp3) is 0.375. The molecule has 0 aliphatic rings. The molecule has 0 saturated carbocycles. The number of ether oxygens (including phenoxy) is 3. The molecule has 2 amide bonds. The number of hydrogen-bond donors (Lipinski definition) is 2. The van der Waals surface area contributed by atoms with Gasteiger partial charge >= 0.3 is 23.8 Å². The molecule has 1 atom stereocenters. The highest BCUT2D eigenvalue weighted by Gasteiger charge is 2.27. The van der Waals surface area contributed by atoms with Crippen molar-refractivity contribution in [3.05, 3.63) is 70.3 Å². The molecule has 0 radical (unpaired) electrons. The van der Waals surface area contributed by atoms with E-state index in [9.17, 15) is 24.5 Å². The lowest BCUT2D eigenvalue weighted by atomic mass is 10.1. The zero-order valence-electron chi connectivity index (χ0n) is 19.8. The van der Waals surface area contributed by atoms with Crippen molar-refractivity contribution in [3.8, 4) is 5.75 Å². The van der Waals surface area contributed by atoms with Gasteiger partial charge in [0.25, 0.3) is 0 Å². The summed E-state index contributed by atoms with van der Waals surface area (Å²) in [7, 11) is 0. The fourth-order valence-electron chi connectivity index (χ4n) is 2.84. The van der Waals surface area contributed by atoms with Crippen molar-refractivity contribution in [3.63, 3.8) is 0 Å². The van der Waals surface area contributed by atoms with Crippen molar-refractivity contribution >= 4 is 23.8 Å². The molecule has 0 aliphatic carbocycles. The Morgan fingerprint density at radius 1 is 1.00 bits per heavy atom. The molecular formula is C24H29N3O8. The zero-order chi connectivity index (χ0) is 25.8. The highest BCUT2D eigenvalue weighted by atomic mass is 16.6. The standard InChI is InChI=1S/C24H29N3O8/c1-24(2,3)35-23(30)26-18(21(28)34-20-14-8-7-13-19(20)27(31)32)12-9-15-25-22(29)33-16-17-10-5-4-6-11-17/h4-8,10-11,13-14,18H,9,12,15-16H2,1-3H3,(H,25,29)(H,26,30)/t18-/m1/s1. The number of benzene rings is 2. The Balaban J connectivity index is 1.94. The summed E-state index contributed by atoms with van der Waals surface area (Å²) in [4.78, 5) is 47.4. The van der Waals surface area contributed by atoms with E-state index in [0.717, 1.165) is 5.56 Å². The average molecular weight is 488 g/mol. The molecule has 0 unspecified atom stereocenters. The lowest BCUT2D eigenvalue weighted by molar-refractivity contribution is -0.385. The van der Waals surface area contributed by atoms with Gasteiger partial charge in [-0.05, 0) is 45.2 Å². The normalized spacial score (nSPS) is 11.6. The highest BCUT2D eigenvalue weighted by Crippen LogP contribution is 2.26. The Kier molecular flexibility index (Phi) is 10.0. The Labute approximate surface area is 202 Å². The van der Waals surface area contributed by atoms with Gasteiger partial charge in [-0.2, -0.15) is 0 Å². The van der Waals surface area contributed by atoms with Gasteiger partial charge in [-0.3, -0.25) is 10.1 Å². The molecule has 0 spiro atoms. The van der Waals surface area contributed by atoms with Crippen LogP contribution in [0.5, 0.6) is 5.75 Å². The minimum absolute atomic E-state index is 0.0671. The van der Waals surface area contributed by atoms with Crippen LogP contribution < -0.4 is 15.4 Å². The first kappa shape index (κ1) is 27.1. The van der Waals surface area contributed by atoms with Crippen molar-refractivity contribution in [2.45, 2.75) is 51.9 Å². The number of para-hydroxylation sites is 2. The first-order valence-electron chi connectivity index (χ1n) is 10.9. The maximum atomic E-state index is 12.7. The molecule has 0 saturated heterocycles. The third-order valence-corrected chi connectivity index (χ3v) is 4.40. The van der Waals surface area contributed by atoms with Crippen molar-refractivity contribution in [1.29, 1.82) is 0 Å². The number of amides is 2. The van der Waals surface area contributed by atoms with Gasteiger partial charge in [0.15, 0.2) is 0 Å². The van der Waals surface area contributed by atoms with E-state index in [1.807, 2.05) is 30.3 Å². The zero-order valence-corrected chi connectivity index (χ0v) is 19.8. The maximum Gasteiger partial charge on any atom is 0.408 e. The summed E-state index contributed by atoms with van der Waals surface area (Å²) in [5, 5.41) is 16.2. The van der Waals surface area contributed by atoms with Crippen molar-refractivity contribution in [1.82, 2.24) is 10.6 Å². The number of nitrogens with zero attached hydrogens (tertiary/aromatic N) is 1. The van der Waals surface area contributed by atoms with Crippen molar-refractivity contribution in [2.24, 2.45) is 0 Å². The van der Waals surface area contributed by atoms with E-state index < -0.39 is 34.7 Å². The molecular weight excluding hydrogens is 458 g/mol. The predicted molar refractivity (Wildman–Crippen MR) is 126 cm³/mol. The van der Waals surface area contributed by atoms with Crippen LogP contribution in [0.2, 0.25) is 0 Å². The smallest absolute Gasteiger partial charge is 0.408 e. The second-order valence-electron chi connectivity index (χ2n) is 8.48. The van der Waals surface area contributed by atoms with Crippen LogP contribution >= 0.6 is 0 Å². The fourth-order valence-corrected chi connectivity index (χ4v) is 2.84. The van der Waals surface area contributed by atoms with Crippen molar-refractivity contribution < 1.29 is 33.5 Å². The molecule has 0 fully saturated rings. The van der Waals surface area contributed by atoms with E-state index in [4.69, 9.17) is 14.2 Å². The second kappa shape index (κ2) is 12.9. The second-order valence-corrected chi connectivity index (χ2v) is 8.48. The Bertz CT molecular complexity index is 1020. The number of rotatable bonds is 10. The van der Waals surface area contributed by atoms with Gasteiger partial charge in [-0.15, -0.1) is 0 Å². The molecule has 2 aromatic carbocycles. The summed E-state index contributed by atoms with van der Waals surface area (Å²) in [6.07, 6.45) is -1.14. The number of alkyl carbamates (subject to hydrolysis) is 2. The molecule has 0 aliphatic heterocycles. The van der Waals surface area contributed by atoms with Crippen LogP contribution in [-0.2, 0) is 20.9 Å². The summed E-state index contributed by atoms with van der Waals surface area (Å²) >= 11 is 0. The van der Waals surface area contributed by atoms with Crippen molar-refractivity contribution in [2.75, 3.05) is 6.54 Å². The molecule has 0 heterocycles. The van der Waals surface area contributed by atoms with E-state index in [0.29, 0.717) is 0 Å². The minimum Gasteiger partial charge on any atom is -0.445 e. The van der Waals surface area contributed by atoms with Crippen LogP contribution in [-0.4, -0.2) is 41.3 Å². The predicted octanol–water partition coefficient (Wildman–Crippen LogP) is 4.10. The minimum atomic E-state index is -1.17. The van der Waals surface area contributed by atoms with Gasteiger partial charge in [0.2, 0.25) is 5.75 Å². The molecule has 2 N–H and O–H groups in total. The van der Waals surface area contributed by atoms with Crippen LogP contribution in [0.3, 0.4) is 0 Å². The number of carbonyl (C=O) groups excluding carboxylic acids is 3. The Morgan fingerprint density at radius 2 is 1.66 bits per heavy atom. The summed E-state index contributed by atoms with van der Waals surface area (Å²) in [5.41, 5.74) is -0.359. The molecule has 2 aromatic rings. The summed E-state index contributed by atoms with van der Waals surface area (Å²) < 4.78 is 15.5. The average Bonchev–Trinajstić information content (AvgIpc) is 2.79. The van der Waals surface area contributed by atoms with E-state index in [2.05, 4.69) is 10.6 Å². The number of hydrogen-bond acceptors (Lipinski definition) is 8. The van der Waals surface area contributed by atoms with Gasteiger partial charge in [0.1, 0.15) is 18.2 Å². The first-order chi connectivity index (χ1) is 16.5. The van der Waals surface area contributed by atoms with Gasteiger partial charge < -0.3 is 24.8 Å². The lowest BCUT2D eigenvalue weighted by Crippen LogP contribution is -2.45. The molecule has 2 rings (SSSR count). The van der Waals surface area contributed by atoms with E-state index in [1.165, 1.54) is 24.3 Å². The maximum absolute atomic E-state index is 12.7. The summed E-state index contributed by atoms with van der Waals surface area (Å²) in [6.45, 7) is 5.26. The molecule has 11 heteroatoms. The highest BCUT2D eigenvalue weighted by molar-refractivity contribution is 5.83.